The Morgan fingerprint density at radius 2 is 1.83 bits per heavy atom. The lowest BCUT2D eigenvalue weighted by atomic mass is 9.49. The van der Waals surface area contributed by atoms with E-state index in [2.05, 4.69) is 16.0 Å². The number of rotatable bonds is 9. The Balaban J connectivity index is 1.44. The molecule has 0 heterocycles. The van der Waals surface area contributed by atoms with E-state index in [0.29, 0.717) is 22.5 Å². The predicted molar refractivity (Wildman–Crippen MR) is 116 cm³/mol. The van der Waals surface area contributed by atoms with Crippen molar-refractivity contribution in [3.63, 3.8) is 0 Å². The molecular weight excluding hydrogens is 386 g/mol. The quantitative estimate of drug-likeness (QED) is 0.462. The van der Waals surface area contributed by atoms with Gasteiger partial charge in [0.25, 0.3) is 5.91 Å². The van der Waals surface area contributed by atoms with E-state index in [9.17, 15) is 4.79 Å². The monoisotopic (exact) mass is 419 g/mol. The van der Waals surface area contributed by atoms with Crippen LogP contribution in [0, 0.1) is 23.2 Å². The first kappa shape index (κ1) is 21.1. The molecule has 4 N–H and O–H groups in total. The summed E-state index contributed by atoms with van der Waals surface area (Å²) < 4.78 is 0. The predicted octanol–water partition coefficient (Wildman–Crippen LogP) is 3.48. The lowest BCUT2D eigenvalue weighted by molar-refractivity contribution is -0.0503. The zero-order chi connectivity index (χ0) is 20.4. The van der Waals surface area contributed by atoms with E-state index < -0.39 is 0 Å². The van der Waals surface area contributed by atoms with Gasteiger partial charge in [0.15, 0.2) is 0 Å². The number of aliphatic hydroxyl groups is 1. The lowest BCUT2D eigenvalue weighted by Crippen LogP contribution is -2.51. The number of amides is 1. The Morgan fingerprint density at radius 3 is 2.41 bits per heavy atom. The van der Waals surface area contributed by atoms with Gasteiger partial charge in [0.05, 0.1) is 23.4 Å². The summed E-state index contributed by atoms with van der Waals surface area (Å²) in [6, 6.07) is 5.59. The second-order valence-corrected chi connectivity index (χ2v) is 9.92. The molecule has 1 atom stereocenters. The first-order valence-corrected chi connectivity index (χ1v) is 11.5. The fraction of sp³-hybridized carbons (Fsp3) is 0.696. The molecular formula is C23H34ClN3O2. The maximum atomic E-state index is 13.0. The van der Waals surface area contributed by atoms with E-state index >= 15 is 0 Å². The molecule has 0 radical (unpaired) electrons. The maximum Gasteiger partial charge on any atom is 0.252 e. The molecule has 4 bridgehead atoms. The molecule has 0 saturated heterocycles. The normalized spacial score (nSPS) is 31.1. The summed E-state index contributed by atoms with van der Waals surface area (Å²) in [5, 5.41) is 19.4. The second kappa shape index (κ2) is 8.93. The van der Waals surface area contributed by atoms with Gasteiger partial charge < -0.3 is 10.4 Å². The van der Waals surface area contributed by atoms with E-state index in [1.165, 1.54) is 38.5 Å². The highest BCUT2D eigenvalue weighted by molar-refractivity contribution is 6.33. The van der Waals surface area contributed by atoms with Crippen molar-refractivity contribution < 1.29 is 9.90 Å². The SMILES string of the molecule is CCNC(NCCO)c1ccc(Cl)c(C(=O)NCC23CC4CC(CC(C4)C2)C3)c1. The lowest BCUT2D eigenvalue weighted by Gasteiger charge is -2.56. The summed E-state index contributed by atoms with van der Waals surface area (Å²) in [6.45, 7) is 4.12. The molecule has 160 valence electrons. The van der Waals surface area contributed by atoms with Crippen LogP contribution >= 0.6 is 11.6 Å². The van der Waals surface area contributed by atoms with Crippen LogP contribution in [0.15, 0.2) is 18.2 Å². The number of benzene rings is 1. The molecule has 6 heteroatoms. The fourth-order valence-electron chi connectivity index (χ4n) is 6.49. The topological polar surface area (TPSA) is 73.4 Å². The van der Waals surface area contributed by atoms with Crippen LogP contribution in [0.5, 0.6) is 0 Å². The van der Waals surface area contributed by atoms with Crippen LogP contribution in [0.25, 0.3) is 0 Å². The Morgan fingerprint density at radius 1 is 1.17 bits per heavy atom. The summed E-state index contributed by atoms with van der Waals surface area (Å²) >= 11 is 6.39. The van der Waals surface area contributed by atoms with Crippen LogP contribution in [-0.2, 0) is 0 Å². The third kappa shape index (κ3) is 4.63. The highest BCUT2D eigenvalue weighted by Gasteiger charge is 2.50. The average molecular weight is 420 g/mol. The van der Waals surface area contributed by atoms with Crippen LogP contribution in [0.1, 0.15) is 67.5 Å². The first-order valence-electron chi connectivity index (χ1n) is 11.2. The minimum atomic E-state index is -0.126. The van der Waals surface area contributed by atoms with Gasteiger partial charge in [-0.15, -0.1) is 0 Å². The fourth-order valence-corrected chi connectivity index (χ4v) is 6.69. The van der Waals surface area contributed by atoms with Gasteiger partial charge in [0.2, 0.25) is 0 Å². The van der Waals surface area contributed by atoms with Crippen molar-refractivity contribution in [2.45, 2.75) is 51.6 Å². The largest absolute Gasteiger partial charge is 0.395 e. The number of carbonyl (C=O) groups is 1. The number of carbonyl (C=O) groups excluding carboxylic acids is 1. The summed E-state index contributed by atoms with van der Waals surface area (Å²) in [6.07, 6.45) is 7.94. The van der Waals surface area contributed by atoms with Crippen LogP contribution < -0.4 is 16.0 Å². The minimum Gasteiger partial charge on any atom is -0.395 e. The molecule has 1 aromatic rings. The van der Waals surface area contributed by atoms with Gasteiger partial charge in [-0.05, 0) is 85.9 Å². The molecule has 1 unspecified atom stereocenters. The molecule has 4 saturated carbocycles. The molecule has 0 spiro atoms. The van der Waals surface area contributed by atoms with E-state index in [0.717, 1.165) is 36.4 Å². The van der Waals surface area contributed by atoms with Crippen molar-refractivity contribution in [2.24, 2.45) is 23.2 Å². The van der Waals surface area contributed by atoms with Gasteiger partial charge in [-0.2, -0.15) is 0 Å². The van der Waals surface area contributed by atoms with E-state index in [4.69, 9.17) is 16.7 Å². The summed E-state index contributed by atoms with van der Waals surface area (Å²) in [5.41, 5.74) is 1.79. The van der Waals surface area contributed by atoms with Gasteiger partial charge >= 0.3 is 0 Å². The molecule has 0 aromatic heterocycles. The van der Waals surface area contributed by atoms with Crippen LogP contribution in [0.4, 0.5) is 0 Å². The molecule has 29 heavy (non-hydrogen) atoms. The van der Waals surface area contributed by atoms with Gasteiger partial charge in [-0.25, -0.2) is 0 Å². The van der Waals surface area contributed by atoms with Gasteiger partial charge in [-0.3, -0.25) is 15.4 Å². The number of hydrogen-bond acceptors (Lipinski definition) is 4. The van der Waals surface area contributed by atoms with Crippen molar-refractivity contribution >= 4 is 17.5 Å². The summed E-state index contributed by atoms with van der Waals surface area (Å²) in [5.74, 6) is 2.56. The number of aliphatic hydroxyl groups excluding tert-OH is 1. The van der Waals surface area contributed by atoms with Crippen LogP contribution in [0.3, 0.4) is 0 Å². The highest BCUT2D eigenvalue weighted by atomic mass is 35.5. The molecule has 1 aromatic carbocycles. The van der Waals surface area contributed by atoms with Gasteiger partial charge in [0.1, 0.15) is 0 Å². The Kier molecular flexibility index (Phi) is 6.50. The smallest absolute Gasteiger partial charge is 0.252 e. The van der Waals surface area contributed by atoms with Crippen LogP contribution in [-0.4, -0.2) is 37.3 Å². The average Bonchev–Trinajstić information content (AvgIpc) is 2.69. The number of hydrogen-bond donors (Lipinski definition) is 4. The van der Waals surface area contributed by atoms with Gasteiger partial charge in [0, 0.05) is 13.1 Å². The molecule has 4 aliphatic carbocycles. The third-order valence-electron chi connectivity index (χ3n) is 7.23. The number of nitrogens with one attached hydrogen (secondary N) is 3. The van der Waals surface area contributed by atoms with Gasteiger partial charge in [-0.1, -0.05) is 24.6 Å². The molecule has 5 nitrogen and oxygen atoms in total. The van der Waals surface area contributed by atoms with E-state index in [-0.39, 0.29) is 18.7 Å². The third-order valence-corrected chi connectivity index (χ3v) is 7.56. The van der Waals surface area contributed by atoms with Crippen molar-refractivity contribution in [3.8, 4) is 0 Å². The number of halogens is 1. The summed E-state index contributed by atoms with van der Waals surface area (Å²) in [4.78, 5) is 13.0. The van der Waals surface area contributed by atoms with Crippen molar-refractivity contribution in [2.75, 3.05) is 26.2 Å². The zero-order valence-corrected chi connectivity index (χ0v) is 18.1. The van der Waals surface area contributed by atoms with Crippen molar-refractivity contribution in [1.82, 2.24) is 16.0 Å². The van der Waals surface area contributed by atoms with Crippen molar-refractivity contribution in [1.29, 1.82) is 0 Å². The van der Waals surface area contributed by atoms with Crippen LogP contribution in [0.2, 0.25) is 5.02 Å². The second-order valence-electron chi connectivity index (χ2n) is 9.51. The zero-order valence-electron chi connectivity index (χ0n) is 17.3. The molecule has 1 amide bonds. The van der Waals surface area contributed by atoms with E-state index in [1.807, 2.05) is 19.1 Å². The molecule has 4 aliphatic rings. The highest BCUT2D eigenvalue weighted by Crippen LogP contribution is 2.59. The Hall–Kier alpha value is -1.14. The molecule has 5 rings (SSSR count). The standard InChI is InChI=1S/C23H34ClN3O2/c1-2-25-21(26-5-6-28)18-3-4-20(24)19(10-18)22(29)27-14-23-11-15-7-16(12-23)9-17(8-15)13-23/h3-4,10,15-17,21,25-26,28H,2,5-9,11-14H2,1H3,(H,27,29). The minimum absolute atomic E-state index is 0.0634. The maximum absolute atomic E-state index is 13.0. The molecule has 4 fully saturated rings. The van der Waals surface area contributed by atoms with E-state index in [1.54, 1.807) is 6.07 Å². The summed E-state index contributed by atoms with van der Waals surface area (Å²) in [7, 11) is 0. The Bertz CT molecular complexity index is 704. The Labute approximate surface area is 179 Å². The first-order chi connectivity index (χ1) is 14.0. The molecule has 0 aliphatic heterocycles. The van der Waals surface area contributed by atoms with Crippen molar-refractivity contribution in [3.05, 3.63) is 34.3 Å².